The monoisotopic (exact) mass is 282 g/mol. The van der Waals surface area contributed by atoms with Crippen molar-refractivity contribution in [3.63, 3.8) is 0 Å². The van der Waals surface area contributed by atoms with Crippen molar-refractivity contribution < 1.29 is 22.4 Å². The van der Waals surface area contributed by atoms with Crippen molar-refractivity contribution in [2.24, 2.45) is 0 Å². The lowest BCUT2D eigenvalue weighted by Gasteiger charge is -2.17. The second-order valence-corrected chi connectivity index (χ2v) is 4.08. The molecule has 0 radical (unpaired) electrons. The number of rotatable bonds is 4. The van der Waals surface area contributed by atoms with Gasteiger partial charge in [0.15, 0.2) is 0 Å². The highest BCUT2D eigenvalue weighted by Gasteiger charge is 2.41. The summed E-state index contributed by atoms with van der Waals surface area (Å²) in [6.45, 7) is -1.33. The van der Waals surface area contributed by atoms with Gasteiger partial charge >= 0.3 is 12.3 Å². The van der Waals surface area contributed by atoms with Gasteiger partial charge in [-0.15, -0.1) is 24.2 Å². The Kier molecular flexibility index (Phi) is 6.42. The van der Waals surface area contributed by atoms with Gasteiger partial charge in [-0.2, -0.15) is 8.78 Å². The number of alkyl halides is 4. The predicted molar refractivity (Wildman–Crippen MR) is 55.5 cm³/mol. The van der Waals surface area contributed by atoms with Gasteiger partial charge in [-0.25, -0.2) is 8.78 Å². The standard InChI is InChI=1S/C7H10F4N2OS.ClH/c8-6(9)7(10,11)2-12-5(14)4-1-15-3-13-4;/h4,6,13H,1-3H2,(H,12,14);1H. The van der Waals surface area contributed by atoms with Crippen LogP contribution >= 0.6 is 24.2 Å². The molecule has 1 fully saturated rings. The first-order chi connectivity index (χ1) is 6.93. The molecule has 1 saturated heterocycles. The second kappa shape index (κ2) is 6.51. The first kappa shape index (κ1) is 15.8. The van der Waals surface area contributed by atoms with Crippen LogP contribution in [-0.4, -0.2) is 42.5 Å². The highest BCUT2D eigenvalue weighted by Crippen LogP contribution is 2.21. The summed E-state index contributed by atoms with van der Waals surface area (Å²) in [5.41, 5.74) is 0. The molecule has 96 valence electrons. The quantitative estimate of drug-likeness (QED) is 0.759. The van der Waals surface area contributed by atoms with Crippen LogP contribution in [0.3, 0.4) is 0 Å². The average molecular weight is 283 g/mol. The van der Waals surface area contributed by atoms with Crippen LogP contribution in [0.2, 0.25) is 0 Å². The van der Waals surface area contributed by atoms with E-state index in [1.54, 1.807) is 5.32 Å². The highest BCUT2D eigenvalue weighted by molar-refractivity contribution is 7.99. The summed E-state index contributed by atoms with van der Waals surface area (Å²) < 4.78 is 48.2. The highest BCUT2D eigenvalue weighted by atomic mass is 35.5. The molecule has 2 N–H and O–H groups in total. The second-order valence-electron chi connectivity index (χ2n) is 3.05. The lowest BCUT2D eigenvalue weighted by atomic mass is 10.3. The van der Waals surface area contributed by atoms with Crippen molar-refractivity contribution in [2.45, 2.75) is 18.4 Å². The van der Waals surface area contributed by atoms with E-state index in [1.165, 1.54) is 11.8 Å². The number of hydrogen-bond acceptors (Lipinski definition) is 3. The first-order valence-electron chi connectivity index (χ1n) is 4.18. The Morgan fingerprint density at radius 2 is 2.19 bits per heavy atom. The fourth-order valence-corrected chi connectivity index (χ4v) is 1.91. The van der Waals surface area contributed by atoms with Gasteiger partial charge in [0, 0.05) is 11.6 Å². The van der Waals surface area contributed by atoms with Crippen LogP contribution in [0.1, 0.15) is 0 Å². The smallest absolute Gasteiger partial charge is 0.324 e. The SMILES string of the molecule is Cl.O=C(NCC(F)(F)C(F)F)C1CSCN1. The fourth-order valence-electron chi connectivity index (χ4n) is 0.969. The summed E-state index contributed by atoms with van der Waals surface area (Å²) >= 11 is 1.44. The lowest BCUT2D eigenvalue weighted by Crippen LogP contribution is -2.48. The minimum Gasteiger partial charge on any atom is -0.348 e. The van der Waals surface area contributed by atoms with Gasteiger partial charge in [0.25, 0.3) is 0 Å². The van der Waals surface area contributed by atoms with Gasteiger partial charge in [0.1, 0.15) is 0 Å². The number of nitrogens with one attached hydrogen (secondary N) is 2. The van der Waals surface area contributed by atoms with E-state index in [0.717, 1.165) is 0 Å². The minimum absolute atomic E-state index is 0. The number of amides is 1. The molecule has 3 nitrogen and oxygen atoms in total. The zero-order valence-corrected chi connectivity index (χ0v) is 9.65. The maximum atomic E-state index is 12.4. The van der Waals surface area contributed by atoms with Crippen molar-refractivity contribution in [3.8, 4) is 0 Å². The first-order valence-corrected chi connectivity index (χ1v) is 5.34. The van der Waals surface area contributed by atoms with Crippen molar-refractivity contribution in [1.82, 2.24) is 10.6 Å². The summed E-state index contributed by atoms with van der Waals surface area (Å²) in [4.78, 5) is 11.1. The molecule has 1 amide bonds. The van der Waals surface area contributed by atoms with Crippen molar-refractivity contribution in [1.29, 1.82) is 0 Å². The summed E-state index contributed by atoms with van der Waals surface area (Å²) in [6.07, 6.45) is -3.76. The zero-order chi connectivity index (χ0) is 11.5. The molecule has 1 rings (SSSR count). The maximum absolute atomic E-state index is 12.4. The Hall–Kier alpha value is -0.210. The predicted octanol–water partition coefficient (Wildman–Crippen LogP) is 1.09. The van der Waals surface area contributed by atoms with Gasteiger partial charge in [0.2, 0.25) is 5.91 Å². The van der Waals surface area contributed by atoms with Gasteiger partial charge in [-0.3, -0.25) is 10.1 Å². The summed E-state index contributed by atoms with van der Waals surface area (Å²) in [6, 6.07) is -0.566. The van der Waals surface area contributed by atoms with Crippen LogP contribution in [0.25, 0.3) is 0 Å². The van der Waals surface area contributed by atoms with Crippen LogP contribution in [0.5, 0.6) is 0 Å². The molecular weight excluding hydrogens is 272 g/mol. The van der Waals surface area contributed by atoms with Crippen molar-refractivity contribution >= 4 is 30.1 Å². The molecule has 0 saturated carbocycles. The normalized spacial score (nSPS) is 20.7. The number of carbonyl (C=O) groups is 1. The van der Waals surface area contributed by atoms with E-state index in [9.17, 15) is 22.4 Å². The Balaban J connectivity index is 0.00000225. The number of hydrogen-bond donors (Lipinski definition) is 2. The summed E-state index contributed by atoms with van der Waals surface area (Å²) in [5.74, 6) is -3.81. The number of carbonyl (C=O) groups excluding carboxylic acids is 1. The van der Waals surface area contributed by atoms with E-state index < -0.39 is 30.8 Å². The number of thioether (sulfide) groups is 1. The molecular formula is C7H11ClF4N2OS. The van der Waals surface area contributed by atoms with Crippen LogP contribution in [-0.2, 0) is 4.79 Å². The van der Waals surface area contributed by atoms with Crippen LogP contribution in [0.15, 0.2) is 0 Å². The maximum Gasteiger partial charge on any atom is 0.324 e. The summed E-state index contributed by atoms with van der Waals surface area (Å²) in [5, 5.41) is 4.54. The van der Waals surface area contributed by atoms with Gasteiger partial charge in [0.05, 0.1) is 12.6 Å². The molecule has 0 aliphatic carbocycles. The third kappa shape index (κ3) is 4.34. The molecule has 0 spiro atoms. The van der Waals surface area contributed by atoms with Gasteiger partial charge in [-0.1, -0.05) is 0 Å². The molecule has 1 unspecified atom stereocenters. The van der Waals surface area contributed by atoms with E-state index in [1.807, 2.05) is 0 Å². The fraction of sp³-hybridized carbons (Fsp3) is 0.857. The molecule has 0 aromatic heterocycles. The largest absolute Gasteiger partial charge is 0.348 e. The lowest BCUT2D eigenvalue weighted by molar-refractivity contribution is -0.137. The molecule has 1 aliphatic rings. The Morgan fingerprint density at radius 1 is 1.56 bits per heavy atom. The third-order valence-corrected chi connectivity index (χ3v) is 2.79. The molecule has 16 heavy (non-hydrogen) atoms. The Morgan fingerprint density at radius 3 is 2.62 bits per heavy atom. The Labute approximate surface area is 100 Å². The molecule has 0 aromatic carbocycles. The van der Waals surface area contributed by atoms with Crippen molar-refractivity contribution in [3.05, 3.63) is 0 Å². The van der Waals surface area contributed by atoms with Crippen LogP contribution in [0, 0.1) is 0 Å². The molecule has 9 heteroatoms. The van der Waals surface area contributed by atoms with E-state index >= 15 is 0 Å². The molecule has 1 aliphatic heterocycles. The van der Waals surface area contributed by atoms with Gasteiger partial charge < -0.3 is 5.32 Å². The zero-order valence-electron chi connectivity index (χ0n) is 8.01. The molecule has 0 aromatic rings. The molecule has 1 heterocycles. The number of halogens is 5. The topological polar surface area (TPSA) is 41.1 Å². The van der Waals surface area contributed by atoms with E-state index in [2.05, 4.69) is 5.32 Å². The van der Waals surface area contributed by atoms with Crippen molar-refractivity contribution in [2.75, 3.05) is 18.2 Å². The van der Waals surface area contributed by atoms with E-state index in [4.69, 9.17) is 0 Å². The van der Waals surface area contributed by atoms with Crippen LogP contribution in [0.4, 0.5) is 17.6 Å². The Bertz CT molecular complexity index is 238. The minimum atomic E-state index is -4.17. The molecule has 1 atom stereocenters. The average Bonchev–Trinajstić information content (AvgIpc) is 2.66. The van der Waals surface area contributed by atoms with Crippen LogP contribution < -0.4 is 10.6 Å². The van der Waals surface area contributed by atoms with Gasteiger partial charge in [-0.05, 0) is 0 Å². The third-order valence-electron chi connectivity index (χ3n) is 1.85. The molecule has 0 bridgehead atoms. The summed E-state index contributed by atoms with van der Waals surface area (Å²) in [7, 11) is 0. The van der Waals surface area contributed by atoms with E-state index in [-0.39, 0.29) is 12.4 Å². The van der Waals surface area contributed by atoms with E-state index in [0.29, 0.717) is 11.6 Å².